The van der Waals surface area contributed by atoms with Gasteiger partial charge in [-0.25, -0.2) is 8.42 Å². The van der Waals surface area contributed by atoms with Gasteiger partial charge in [-0.1, -0.05) is 0 Å². The first-order valence-electron chi connectivity index (χ1n) is 8.58. The highest BCUT2D eigenvalue weighted by Gasteiger charge is 2.39. The van der Waals surface area contributed by atoms with Gasteiger partial charge >= 0.3 is 6.18 Å². The smallest absolute Gasteiger partial charge is 0.383 e. The van der Waals surface area contributed by atoms with Crippen LogP contribution in [-0.2, 0) is 25.7 Å². The number of piperazine rings is 1. The van der Waals surface area contributed by atoms with Gasteiger partial charge in [0.2, 0.25) is 15.9 Å². The molecule has 1 unspecified atom stereocenters. The van der Waals surface area contributed by atoms with E-state index < -0.39 is 39.3 Å². The number of carbonyl (C=O) groups is 1. The molecule has 1 heterocycles. The SMILES string of the molecule is COCCNC(=O)C1CN(c2ccc(C#N)c(C(F)(F)F)c2)CCN1S(C)(=O)=O. The molecule has 0 aliphatic carbocycles. The van der Waals surface area contributed by atoms with Crippen LogP contribution in [0.15, 0.2) is 18.2 Å². The summed E-state index contributed by atoms with van der Waals surface area (Å²) in [6, 6.07) is 3.66. The lowest BCUT2D eigenvalue weighted by Crippen LogP contribution is -2.60. The number of nitrogens with zero attached hydrogens (tertiary/aromatic N) is 3. The number of rotatable bonds is 6. The Morgan fingerprint density at radius 3 is 2.62 bits per heavy atom. The molecule has 8 nitrogen and oxygen atoms in total. The quantitative estimate of drug-likeness (QED) is 0.665. The number of anilines is 1. The van der Waals surface area contributed by atoms with Crippen molar-refractivity contribution >= 4 is 21.6 Å². The third-order valence-corrected chi connectivity index (χ3v) is 5.75. The molecule has 1 aliphatic heterocycles. The van der Waals surface area contributed by atoms with E-state index in [4.69, 9.17) is 10.00 Å². The van der Waals surface area contributed by atoms with Crippen LogP contribution in [0.1, 0.15) is 11.1 Å². The molecule has 1 aromatic rings. The summed E-state index contributed by atoms with van der Waals surface area (Å²) in [5, 5.41) is 11.5. The highest BCUT2D eigenvalue weighted by molar-refractivity contribution is 7.88. The molecule has 0 saturated carbocycles. The van der Waals surface area contributed by atoms with Crippen molar-refractivity contribution in [3.05, 3.63) is 29.3 Å². The first kappa shape index (κ1) is 22.9. The van der Waals surface area contributed by atoms with Gasteiger partial charge in [-0.3, -0.25) is 4.79 Å². The maximum atomic E-state index is 13.2. The standard InChI is InChI=1S/C17H21F3N4O4S/c1-28-8-5-22-16(25)15-11-23(6-7-24(15)29(2,26)27)13-4-3-12(10-21)14(9-13)17(18,19)20/h3-4,9,15H,5-8,11H2,1-2H3,(H,22,25). The molecule has 1 aliphatic rings. The fourth-order valence-electron chi connectivity index (χ4n) is 3.07. The number of benzene rings is 1. The Morgan fingerprint density at radius 1 is 1.38 bits per heavy atom. The number of hydrogen-bond donors (Lipinski definition) is 1. The Bertz CT molecular complexity index is 899. The maximum absolute atomic E-state index is 13.2. The van der Waals surface area contributed by atoms with E-state index in [0.717, 1.165) is 22.7 Å². The number of halogens is 3. The zero-order valence-corrected chi connectivity index (χ0v) is 16.7. The molecule has 0 spiro atoms. The molecule has 12 heteroatoms. The molecule has 1 atom stereocenters. The molecular weight excluding hydrogens is 413 g/mol. The topological polar surface area (TPSA) is 103 Å². The van der Waals surface area contributed by atoms with Crippen molar-refractivity contribution < 1.29 is 31.1 Å². The molecule has 0 aromatic heterocycles. The molecule has 1 amide bonds. The van der Waals surface area contributed by atoms with Crippen LogP contribution in [0.5, 0.6) is 0 Å². The second kappa shape index (κ2) is 8.98. The van der Waals surface area contributed by atoms with E-state index in [-0.39, 0.29) is 38.5 Å². The summed E-state index contributed by atoms with van der Waals surface area (Å²) in [6.07, 6.45) is -3.74. The van der Waals surface area contributed by atoms with Crippen LogP contribution < -0.4 is 10.2 Å². The number of sulfonamides is 1. The molecule has 1 aromatic carbocycles. The predicted molar refractivity (Wildman–Crippen MR) is 98.6 cm³/mol. The van der Waals surface area contributed by atoms with Gasteiger partial charge in [-0.2, -0.15) is 22.7 Å². The van der Waals surface area contributed by atoms with Gasteiger partial charge in [0, 0.05) is 39.0 Å². The second-order valence-electron chi connectivity index (χ2n) is 6.46. The molecule has 1 fully saturated rings. The number of nitriles is 1. The third-order valence-electron chi connectivity index (χ3n) is 4.46. The number of hydrogen-bond acceptors (Lipinski definition) is 6. The highest BCUT2D eigenvalue weighted by atomic mass is 32.2. The van der Waals surface area contributed by atoms with Crippen LogP contribution in [0.25, 0.3) is 0 Å². The zero-order chi connectivity index (χ0) is 21.8. The van der Waals surface area contributed by atoms with Crippen LogP contribution in [0.2, 0.25) is 0 Å². The monoisotopic (exact) mass is 434 g/mol. The van der Waals surface area contributed by atoms with Crippen molar-refractivity contribution in [2.45, 2.75) is 12.2 Å². The summed E-state index contributed by atoms with van der Waals surface area (Å²) in [6.45, 7) is 0.292. The summed E-state index contributed by atoms with van der Waals surface area (Å²) in [7, 11) is -2.26. The normalized spacial score (nSPS) is 18.3. The number of nitrogens with one attached hydrogen (secondary N) is 1. The Hall–Kier alpha value is -2.36. The van der Waals surface area contributed by atoms with Crippen LogP contribution in [0.3, 0.4) is 0 Å². The van der Waals surface area contributed by atoms with E-state index in [1.165, 1.54) is 24.1 Å². The average Bonchev–Trinajstić information content (AvgIpc) is 2.65. The minimum atomic E-state index is -4.72. The first-order valence-corrected chi connectivity index (χ1v) is 10.4. The molecule has 0 bridgehead atoms. The second-order valence-corrected chi connectivity index (χ2v) is 8.39. The third kappa shape index (κ3) is 5.59. The predicted octanol–water partition coefficient (Wildman–Crippen LogP) is 0.790. The lowest BCUT2D eigenvalue weighted by molar-refractivity contribution is -0.137. The number of carbonyl (C=O) groups excluding carboxylic acids is 1. The van der Waals surface area contributed by atoms with Gasteiger partial charge in [0.1, 0.15) is 6.04 Å². The number of ether oxygens (including phenoxy) is 1. The van der Waals surface area contributed by atoms with Gasteiger partial charge in [0.05, 0.1) is 30.1 Å². The molecule has 2 rings (SSSR count). The van der Waals surface area contributed by atoms with Crippen LogP contribution >= 0.6 is 0 Å². The number of amides is 1. The minimum absolute atomic E-state index is 0.0669. The Morgan fingerprint density at radius 2 is 2.07 bits per heavy atom. The molecule has 29 heavy (non-hydrogen) atoms. The number of methoxy groups -OCH3 is 1. The zero-order valence-electron chi connectivity index (χ0n) is 15.9. The van der Waals surface area contributed by atoms with Crippen molar-refractivity contribution in [2.24, 2.45) is 0 Å². The summed E-state index contributed by atoms with van der Waals surface area (Å²) in [4.78, 5) is 14.0. The largest absolute Gasteiger partial charge is 0.417 e. The summed E-state index contributed by atoms with van der Waals surface area (Å²) in [5.74, 6) is -0.568. The van der Waals surface area contributed by atoms with Gasteiger partial charge < -0.3 is 15.0 Å². The van der Waals surface area contributed by atoms with E-state index >= 15 is 0 Å². The van der Waals surface area contributed by atoms with Crippen molar-refractivity contribution in [3.8, 4) is 6.07 Å². The van der Waals surface area contributed by atoms with Gasteiger partial charge in [0.15, 0.2) is 0 Å². The molecule has 0 radical (unpaired) electrons. The van der Waals surface area contributed by atoms with Gasteiger partial charge in [0.25, 0.3) is 0 Å². The highest BCUT2D eigenvalue weighted by Crippen LogP contribution is 2.35. The first-order chi connectivity index (χ1) is 13.5. The van der Waals surface area contributed by atoms with E-state index in [2.05, 4.69) is 5.32 Å². The summed E-state index contributed by atoms with van der Waals surface area (Å²) >= 11 is 0. The number of alkyl halides is 3. The van der Waals surface area contributed by atoms with E-state index in [1.54, 1.807) is 0 Å². The summed E-state index contributed by atoms with van der Waals surface area (Å²) < 4.78 is 69.7. The molecule has 1 N–H and O–H groups in total. The van der Waals surface area contributed by atoms with E-state index in [9.17, 15) is 26.4 Å². The Balaban J connectivity index is 2.32. The Kier molecular flexibility index (Phi) is 7.10. The van der Waals surface area contributed by atoms with E-state index in [0.29, 0.717) is 0 Å². The van der Waals surface area contributed by atoms with Gasteiger partial charge in [-0.15, -0.1) is 0 Å². The van der Waals surface area contributed by atoms with Crippen molar-refractivity contribution in [1.82, 2.24) is 9.62 Å². The van der Waals surface area contributed by atoms with Crippen molar-refractivity contribution in [2.75, 3.05) is 51.1 Å². The van der Waals surface area contributed by atoms with Crippen molar-refractivity contribution in [3.63, 3.8) is 0 Å². The van der Waals surface area contributed by atoms with Crippen LogP contribution in [0, 0.1) is 11.3 Å². The molecule has 1 saturated heterocycles. The molecule has 160 valence electrons. The van der Waals surface area contributed by atoms with Crippen LogP contribution in [-0.4, -0.2) is 70.8 Å². The maximum Gasteiger partial charge on any atom is 0.417 e. The van der Waals surface area contributed by atoms with Crippen LogP contribution in [0.4, 0.5) is 18.9 Å². The molecular formula is C17H21F3N4O4S. The lowest BCUT2D eigenvalue weighted by atomic mass is 10.1. The van der Waals surface area contributed by atoms with Crippen molar-refractivity contribution in [1.29, 1.82) is 5.26 Å². The summed E-state index contributed by atoms with van der Waals surface area (Å²) in [5.41, 5.74) is -1.44. The van der Waals surface area contributed by atoms with E-state index in [1.807, 2.05) is 0 Å². The fraction of sp³-hybridized carbons (Fsp3) is 0.529. The average molecular weight is 434 g/mol. The Labute approximate surface area is 166 Å². The lowest BCUT2D eigenvalue weighted by Gasteiger charge is -2.40. The minimum Gasteiger partial charge on any atom is -0.383 e. The fourth-order valence-corrected chi connectivity index (χ4v) is 4.10. The van der Waals surface area contributed by atoms with Gasteiger partial charge in [-0.05, 0) is 18.2 Å².